The topological polar surface area (TPSA) is 59.8 Å². The lowest BCUT2D eigenvalue weighted by Crippen LogP contribution is -2.16. The van der Waals surface area contributed by atoms with Crippen LogP contribution in [-0.4, -0.2) is 20.7 Å². The molecule has 1 N–H and O–H groups in total. The average Bonchev–Trinajstić information content (AvgIpc) is 2.66. The molecule has 0 aliphatic heterocycles. The van der Waals surface area contributed by atoms with E-state index in [4.69, 9.17) is 11.6 Å². The lowest BCUT2D eigenvalue weighted by Gasteiger charge is -2.05. The van der Waals surface area contributed by atoms with E-state index in [1.165, 1.54) is 31.6 Å². The first-order valence-corrected chi connectivity index (χ1v) is 5.69. The van der Waals surface area contributed by atoms with Gasteiger partial charge in [-0.05, 0) is 12.1 Å². The molecule has 0 spiro atoms. The molecule has 0 saturated carbocycles. The van der Waals surface area contributed by atoms with Crippen LogP contribution in [0.2, 0.25) is 5.02 Å². The van der Waals surface area contributed by atoms with Crippen LogP contribution in [0, 0.1) is 0 Å². The number of anilines is 1. The summed E-state index contributed by atoms with van der Waals surface area (Å²) in [6.45, 7) is 0. The van der Waals surface area contributed by atoms with Crippen molar-refractivity contribution in [3.63, 3.8) is 0 Å². The molecule has 2 rings (SSSR count). The second-order valence-corrected chi connectivity index (χ2v) is 4.20. The van der Waals surface area contributed by atoms with Crippen molar-refractivity contribution in [2.75, 3.05) is 5.32 Å². The van der Waals surface area contributed by atoms with Crippen molar-refractivity contribution < 1.29 is 18.0 Å². The summed E-state index contributed by atoms with van der Waals surface area (Å²) >= 11 is 5.60. The average molecular weight is 305 g/mol. The molecule has 0 aromatic carbocycles. The second-order valence-electron chi connectivity index (χ2n) is 3.82. The number of nitrogens with zero attached hydrogens (tertiary/aromatic N) is 3. The molecule has 0 saturated heterocycles. The minimum atomic E-state index is -4.72. The predicted octanol–water partition coefficient (Wildman–Crippen LogP) is 2.74. The number of carbonyl (C=O) groups excluding carboxylic acids is 1. The molecule has 2 aromatic heterocycles. The standard InChI is InChI=1S/C11H8ClF3N4O/c1-19-8(7(12)9(18-19)11(13,14)15)10(20)17-6-2-4-16-5-3-6/h2-5H,1H3,(H,16,17,20). The monoisotopic (exact) mass is 304 g/mol. The summed E-state index contributed by atoms with van der Waals surface area (Å²) < 4.78 is 38.7. The first-order chi connectivity index (χ1) is 9.30. The Labute approximate surface area is 116 Å². The van der Waals surface area contributed by atoms with Crippen molar-refractivity contribution in [2.45, 2.75) is 6.18 Å². The molecule has 0 bridgehead atoms. The Balaban J connectivity index is 2.34. The molecule has 1 amide bonds. The lowest BCUT2D eigenvalue weighted by molar-refractivity contribution is -0.141. The number of amides is 1. The highest BCUT2D eigenvalue weighted by molar-refractivity contribution is 6.34. The maximum absolute atomic E-state index is 12.6. The molecule has 9 heteroatoms. The first kappa shape index (κ1) is 14.3. The van der Waals surface area contributed by atoms with Gasteiger partial charge in [0.05, 0.1) is 0 Å². The number of aromatic nitrogens is 3. The highest BCUT2D eigenvalue weighted by atomic mass is 35.5. The van der Waals surface area contributed by atoms with Gasteiger partial charge in [-0.1, -0.05) is 11.6 Å². The van der Waals surface area contributed by atoms with Crippen LogP contribution in [0.15, 0.2) is 24.5 Å². The molecule has 5 nitrogen and oxygen atoms in total. The number of alkyl halides is 3. The van der Waals surface area contributed by atoms with Crippen molar-refractivity contribution in [1.82, 2.24) is 14.8 Å². The molecular formula is C11H8ClF3N4O. The van der Waals surface area contributed by atoms with Crippen molar-refractivity contribution >= 4 is 23.2 Å². The molecule has 2 aromatic rings. The summed E-state index contributed by atoms with van der Waals surface area (Å²) in [6.07, 6.45) is -1.85. The zero-order valence-corrected chi connectivity index (χ0v) is 10.8. The summed E-state index contributed by atoms with van der Waals surface area (Å²) in [5.74, 6) is -0.785. The van der Waals surface area contributed by atoms with E-state index in [1.54, 1.807) is 0 Å². The van der Waals surface area contributed by atoms with Gasteiger partial charge in [0, 0.05) is 25.1 Å². The van der Waals surface area contributed by atoms with Gasteiger partial charge >= 0.3 is 6.18 Å². The third kappa shape index (κ3) is 2.74. The smallest absolute Gasteiger partial charge is 0.321 e. The number of pyridine rings is 1. The van der Waals surface area contributed by atoms with Crippen molar-refractivity contribution in [3.05, 3.63) is 40.9 Å². The van der Waals surface area contributed by atoms with Crippen LogP contribution in [0.4, 0.5) is 18.9 Å². The fourth-order valence-electron chi connectivity index (χ4n) is 1.55. The molecule has 0 unspecified atom stereocenters. The summed E-state index contributed by atoms with van der Waals surface area (Å²) in [7, 11) is 1.21. The van der Waals surface area contributed by atoms with E-state index in [0.717, 1.165) is 4.68 Å². The molecule has 106 valence electrons. The van der Waals surface area contributed by atoms with E-state index in [2.05, 4.69) is 15.4 Å². The van der Waals surface area contributed by atoms with Gasteiger partial charge in [-0.2, -0.15) is 18.3 Å². The SMILES string of the molecule is Cn1nc(C(F)(F)F)c(Cl)c1C(=O)Nc1ccncc1. The highest BCUT2D eigenvalue weighted by Gasteiger charge is 2.39. The Morgan fingerprint density at radius 2 is 1.95 bits per heavy atom. The Morgan fingerprint density at radius 3 is 2.45 bits per heavy atom. The summed E-state index contributed by atoms with van der Waals surface area (Å²) in [6, 6.07) is 2.99. The number of aryl methyl sites for hydroxylation is 1. The van der Waals surface area contributed by atoms with E-state index >= 15 is 0 Å². The van der Waals surface area contributed by atoms with Crippen LogP contribution < -0.4 is 5.32 Å². The number of hydrogen-bond donors (Lipinski definition) is 1. The van der Waals surface area contributed by atoms with Crippen LogP contribution in [0.5, 0.6) is 0 Å². The fourth-order valence-corrected chi connectivity index (χ4v) is 1.90. The zero-order valence-electron chi connectivity index (χ0n) is 10.1. The van der Waals surface area contributed by atoms with Gasteiger partial charge < -0.3 is 5.32 Å². The normalized spacial score (nSPS) is 11.4. The first-order valence-electron chi connectivity index (χ1n) is 5.31. The minimum Gasteiger partial charge on any atom is -0.321 e. The van der Waals surface area contributed by atoms with E-state index in [1.807, 2.05) is 0 Å². The van der Waals surface area contributed by atoms with Crippen LogP contribution in [0.25, 0.3) is 0 Å². The van der Waals surface area contributed by atoms with Crippen LogP contribution >= 0.6 is 11.6 Å². The Morgan fingerprint density at radius 1 is 1.35 bits per heavy atom. The number of rotatable bonds is 2. The Kier molecular flexibility index (Phi) is 3.67. The maximum Gasteiger partial charge on any atom is 0.436 e. The Hall–Kier alpha value is -2.09. The molecular weight excluding hydrogens is 297 g/mol. The Bertz CT molecular complexity index is 639. The quantitative estimate of drug-likeness (QED) is 0.928. The van der Waals surface area contributed by atoms with Gasteiger partial charge in [0.1, 0.15) is 10.7 Å². The number of carbonyl (C=O) groups is 1. The van der Waals surface area contributed by atoms with Gasteiger partial charge in [0.25, 0.3) is 5.91 Å². The van der Waals surface area contributed by atoms with Gasteiger partial charge in [0.2, 0.25) is 0 Å². The predicted molar refractivity (Wildman–Crippen MR) is 65.4 cm³/mol. The molecule has 0 aliphatic rings. The molecule has 20 heavy (non-hydrogen) atoms. The largest absolute Gasteiger partial charge is 0.436 e. The molecule has 0 fully saturated rings. The van der Waals surface area contributed by atoms with E-state index in [-0.39, 0.29) is 5.69 Å². The molecule has 2 heterocycles. The van der Waals surface area contributed by atoms with E-state index < -0.39 is 22.8 Å². The summed E-state index contributed by atoms with van der Waals surface area (Å²) in [5.41, 5.74) is -1.27. The van der Waals surface area contributed by atoms with E-state index in [0.29, 0.717) is 5.69 Å². The van der Waals surface area contributed by atoms with Gasteiger partial charge in [-0.3, -0.25) is 14.5 Å². The van der Waals surface area contributed by atoms with Crippen LogP contribution in [0.1, 0.15) is 16.2 Å². The van der Waals surface area contributed by atoms with Crippen molar-refractivity contribution in [1.29, 1.82) is 0 Å². The van der Waals surface area contributed by atoms with E-state index in [9.17, 15) is 18.0 Å². The fraction of sp³-hybridized carbons (Fsp3) is 0.182. The number of hydrogen-bond acceptors (Lipinski definition) is 3. The lowest BCUT2D eigenvalue weighted by atomic mass is 10.3. The second kappa shape index (κ2) is 5.12. The number of nitrogens with one attached hydrogen (secondary N) is 1. The van der Waals surface area contributed by atoms with Crippen LogP contribution in [0.3, 0.4) is 0 Å². The third-order valence-electron chi connectivity index (χ3n) is 2.41. The third-order valence-corrected chi connectivity index (χ3v) is 2.77. The van der Waals surface area contributed by atoms with Crippen molar-refractivity contribution in [3.8, 4) is 0 Å². The minimum absolute atomic E-state index is 0.365. The van der Waals surface area contributed by atoms with Gasteiger partial charge in [0.15, 0.2) is 5.69 Å². The van der Waals surface area contributed by atoms with Gasteiger partial charge in [-0.15, -0.1) is 0 Å². The van der Waals surface area contributed by atoms with Crippen molar-refractivity contribution in [2.24, 2.45) is 7.05 Å². The molecule has 0 radical (unpaired) electrons. The number of halogens is 4. The molecule has 0 aliphatic carbocycles. The maximum atomic E-state index is 12.6. The van der Waals surface area contributed by atoms with Gasteiger partial charge in [-0.25, -0.2) is 0 Å². The summed E-state index contributed by atoms with van der Waals surface area (Å²) in [4.78, 5) is 15.7. The molecule has 0 atom stereocenters. The summed E-state index contributed by atoms with van der Waals surface area (Å²) in [5, 5.41) is 4.91. The zero-order chi connectivity index (χ0) is 14.9. The van der Waals surface area contributed by atoms with Crippen LogP contribution in [-0.2, 0) is 13.2 Å². The highest BCUT2D eigenvalue weighted by Crippen LogP contribution is 2.35.